The lowest BCUT2D eigenvalue weighted by Crippen LogP contribution is -2.44. The van der Waals surface area contributed by atoms with Gasteiger partial charge in [-0.1, -0.05) is 20.3 Å². The molecule has 2 atom stereocenters. The molecule has 1 N–H and O–H groups in total. The maximum absolute atomic E-state index is 11.9. The van der Waals surface area contributed by atoms with E-state index < -0.39 is 0 Å². The Balaban J connectivity index is 2.35. The van der Waals surface area contributed by atoms with Gasteiger partial charge in [-0.25, -0.2) is 0 Å². The van der Waals surface area contributed by atoms with Crippen LogP contribution in [-0.2, 0) is 9.59 Å². The monoisotopic (exact) mass is 195 g/mol. The lowest BCUT2D eigenvalue weighted by molar-refractivity contribution is -0.135. The van der Waals surface area contributed by atoms with Crippen LogP contribution in [0.4, 0.5) is 0 Å². The van der Waals surface area contributed by atoms with Gasteiger partial charge >= 0.3 is 0 Å². The van der Waals surface area contributed by atoms with Crippen molar-refractivity contribution in [1.82, 2.24) is 5.32 Å². The van der Waals surface area contributed by atoms with E-state index in [1.165, 1.54) is 6.42 Å². The molecule has 2 unspecified atom stereocenters. The van der Waals surface area contributed by atoms with Gasteiger partial charge in [0.25, 0.3) is 0 Å². The standard InChI is InChI=1S/C11H17NO2/c1-7-4-3-5-8(2)11(7)6-9(13)12-10(11)14/h7-8H,3-6H2,1-2H3,(H,12,13,14). The fraction of sp³-hybridized carbons (Fsp3) is 0.818. The Bertz CT molecular complexity index is 275. The molecule has 3 nitrogen and oxygen atoms in total. The number of carbonyl (C=O) groups is 2. The number of carbonyl (C=O) groups excluding carboxylic acids is 2. The number of nitrogens with one attached hydrogen (secondary N) is 1. The third kappa shape index (κ3) is 1.11. The number of hydrogen-bond donors (Lipinski definition) is 1. The van der Waals surface area contributed by atoms with Crippen LogP contribution in [0.15, 0.2) is 0 Å². The van der Waals surface area contributed by atoms with Crippen molar-refractivity contribution in [1.29, 1.82) is 0 Å². The van der Waals surface area contributed by atoms with Crippen molar-refractivity contribution in [3.8, 4) is 0 Å². The first-order valence-corrected chi connectivity index (χ1v) is 5.41. The third-order valence-electron chi connectivity index (χ3n) is 4.16. The molecule has 0 aromatic carbocycles. The zero-order valence-electron chi connectivity index (χ0n) is 8.80. The second kappa shape index (κ2) is 3.07. The highest BCUT2D eigenvalue weighted by Gasteiger charge is 2.54. The quantitative estimate of drug-likeness (QED) is 0.595. The van der Waals surface area contributed by atoms with Gasteiger partial charge in [0.15, 0.2) is 0 Å². The largest absolute Gasteiger partial charge is 0.296 e. The molecule has 14 heavy (non-hydrogen) atoms. The summed E-state index contributed by atoms with van der Waals surface area (Å²) < 4.78 is 0. The van der Waals surface area contributed by atoms with E-state index in [0.717, 1.165) is 12.8 Å². The molecule has 1 saturated carbocycles. The molecule has 2 fully saturated rings. The number of hydrogen-bond acceptors (Lipinski definition) is 2. The molecule has 0 bridgehead atoms. The summed E-state index contributed by atoms with van der Waals surface area (Å²) in [5, 5.41) is 2.46. The number of amides is 2. The van der Waals surface area contributed by atoms with Gasteiger partial charge in [-0.05, 0) is 24.7 Å². The molecular formula is C11H17NO2. The second-order valence-corrected chi connectivity index (χ2v) is 4.83. The summed E-state index contributed by atoms with van der Waals surface area (Å²) in [5.74, 6) is 0.577. The first kappa shape index (κ1) is 9.69. The van der Waals surface area contributed by atoms with E-state index in [1.807, 2.05) is 0 Å². The van der Waals surface area contributed by atoms with Gasteiger partial charge in [-0.2, -0.15) is 0 Å². The maximum Gasteiger partial charge on any atom is 0.233 e. The van der Waals surface area contributed by atoms with Crippen LogP contribution >= 0.6 is 0 Å². The van der Waals surface area contributed by atoms with Crippen molar-refractivity contribution in [3.63, 3.8) is 0 Å². The lowest BCUT2D eigenvalue weighted by Gasteiger charge is -2.41. The zero-order chi connectivity index (χ0) is 10.3. The lowest BCUT2D eigenvalue weighted by atomic mass is 9.60. The minimum atomic E-state index is -0.380. The zero-order valence-corrected chi connectivity index (χ0v) is 8.80. The summed E-state index contributed by atoms with van der Waals surface area (Å²) in [4.78, 5) is 23.1. The third-order valence-corrected chi connectivity index (χ3v) is 4.16. The smallest absolute Gasteiger partial charge is 0.233 e. The Hall–Kier alpha value is -0.860. The van der Waals surface area contributed by atoms with Gasteiger partial charge in [0.05, 0.1) is 5.41 Å². The van der Waals surface area contributed by atoms with Crippen molar-refractivity contribution in [2.45, 2.75) is 39.5 Å². The highest BCUT2D eigenvalue weighted by atomic mass is 16.2. The maximum atomic E-state index is 11.9. The average molecular weight is 195 g/mol. The fourth-order valence-electron chi connectivity index (χ4n) is 3.16. The van der Waals surface area contributed by atoms with E-state index in [2.05, 4.69) is 19.2 Å². The molecule has 78 valence electrons. The predicted octanol–water partition coefficient (Wildman–Crippen LogP) is 1.48. The second-order valence-electron chi connectivity index (χ2n) is 4.83. The van der Waals surface area contributed by atoms with Crippen LogP contribution in [0.5, 0.6) is 0 Å². The molecule has 1 aliphatic heterocycles. The van der Waals surface area contributed by atoms with Crippen LogP contribution in [0.3, 0.4) is 0 Å². The molecule has 0 aromatic rings. The molecule has 1 aliphatic carbocycles. The van der Waals surface area contributed by atoms with Gasteiger partial charge < -0.3 is 0 Å². The van der Waals surface area contributed by atoms with E-state index >= 15 is 0 Å². The molecule has 2 amide bonds. The Labute approximate surface area is 84.2 Å². The van der Waals surface area contributed by atoms with Gasteiger partial charge in [-0.15, -0.1) is 0 Å². The Kier molecular flexibility index (Phi) is 2.13. The van der Waals surface area contributed by atoms with Gasteiger partial charge in [0, 0.05) is 6.42 Å². The summed E-state index contributed by atoms with van der Waals surface area (Å²) >= 11 is 0. The van der Waals surface area contributed by atoms with Gasteiger partial charge in [0.2, 0.25) is 11.8 Å². The van der Waals surface area contributed by atoms with Crippen LogP contribution in [0.1, 0.15) is 39.5 Å². The van der Waals surface area contributed by atoms with E-state index in [1.54, 1.807) is 0 Å². The Morgan fingerprint density at radius 1 is 1.21 bits per heavy atom. The van der Waals surface area contributed by atoms with E-state index in [-0.39, 0.29) is 17.2 Å². The summed E-state index contributed by atoms with van der Waals surface area (Å²) in [6.45, 7) is 4.21. The van der Waals surface area contributed by atoms with Crippen molar-refractivity contribution in [2.24, 2.45) is 17.3 Å². The van der Waals surface area contributed by atoms with Crippen molar-refractivity contribution in [2.75, 3.05) is 0 Å². The van der Waals surface area contributed by atoms with E-state index in [0.29, 0.717) is 18.3 Å². The first-order valence-electron chi connectivity index (χ1n) is 5.41. The summed E-state index contributed by atoms with van der Waals surface area (Å²) in [5.41, 5.74) is -0.380. The summed E-state index contributed by atoms with van der Waals surface area (Å²) in [6, 6.07) is 0. The fourth-order valence-corrected chi connectivity index (χ4v) is 3.16. The first-order chi connectivity index (χ1) is 6.57. The van der Waals surface area contributed by atoms with Crippen molar-refractivity contribution in [3.05, 3.63) is 0 Å². The predicted molar refractivity (Wildman–Crippen MR) is 52.4 cm³/mol. The van der Waals surface area contributed by atoms with Crippen LogP contribution in [-0.4, -0.2) is 11.8 Å². The van der Waals surface area contributed by atoms with Crippen LogP contribution in [0.25, 0.3) is 0 Å². The normalized spacial score (nSPS) is 43.0. The molecule has 0 aromatic heterocycles. The summed E-state index contributed by atoms with van der Waals surface area (Å²) in [7, 11) is 0. The summed E-state index contributed by atoms with van der Waals surface area (Å²) in [6.07, 6.45) is 3.75. The number of imide groups is 1. The SMILES string of the molecule is CC1CCCC(C)C12CC(=O)NC2=O. The average Bonchev–Trinajstić information content (AvgIpc) is 2.39. The van der Waals surface area contributed by atoms with Crippen LogP contribution in [0.2, 0.25) is 0 Å². The van der Waals surface area contributed by atoms with Crippen molar-refractivity contribution < 1.29 is 9.59 Å². The highest BCUT2D eigenvalue weighted by molar-refractivity contribution is 6.06. The van der Waals surface area contributed by atoms with E-state index in [9.17, 15) is 9.59 Å². The minimum absolute atomic E-state index is 0.0257. The molecule has 1 spiro atoms. The molecular weight excluding hydrogens is 178 g/mol. The van der Waals surface area contributed by atoms with Gasteiger partial charge in [0.1, 0.15) is 0 Å². The van der Waals surface area contributed by atoms with Crippen LogP contribution < -0.4 is 5.32 Å². The van der Waals surface area contributed by atoms with Crippen LogP contribution in [0, 0.1) is 17.3 Å². The highest BCUT2D eigenvalue weighted by Crippen LogP contribution is 2.49. The molecule has 1 heterocycles. The van der Waals surface area contributed by atoms with Crippen molar-refractivity contribution >= 4 is 11.8 Å². The molecule has 1 saturated heterocycles. The molecule has 0 radical (unpaired) electrons. The Morgan fingerprint density at radius 2 is 1.79 bits per heavy atom. The molecule has 3 heteroatoms. The number of rotatable bonds is 0. The van der Waals surface area contributed by atoms with Gasteiger partial charge in [-0.3, -0.25) is 14.9 Å². The molecule has 2 aliphatic rings. The minimum Gasteiger partial charge on any atom is -0.296 e. The Morgan fingerprint density at radius 3 is 2.21 bits per heavy atom. The van der Waals surface area contributed by atoms with E-state index in [4.69, 9.17) is 0 Å². The topological polar surface area (TPSA) is 46.2 Å². The molecule has 2 rings (SSSR count).